The van der Waals surface area contributed by atoms with Gasteiger partial charge in [0.05, 0.1) is 5.56 Å². The second-order valence-corrected chi connectivity index (χ2v) is 6.98. The van der Waals surface area contributed by atoms with Crippen LogP contribution in [0.5, 0.6) is 5.75 Å². The van der Waals surface area contributed by atoms with Gasteiger partial charge in [-0.1, -0.05) is 42.5 Å². The minimum Gasteiger partial charge on any atom is -0.449 e. The predicted molar refractivity (Wildman–Crippen MR) is 118 cm³/mol. The zero-order chi connectivity index (χ0) is 22.4. The molecule has 0 unspecified atom stereocenters. The van der Waals surface area contributed by atoms with E-state index >= 15 is 0 Å². The van der Waals surface area contributed by atoms with Crippen LogP contribution in [-0.4, -0.2) is 31.0 Å². The average Bonchev–Trinajstić information content (AvgIpc) is 2.79. The predicted octanol–water partition coefficient (Wildman–Crippen LogP) is 4.49. The van der Waals surface area contributed by atoms with E-state index in [1.165, 1.54) is 11.8 Å². The third-order valence-corrected chi connectivity index (χ3v) is 4.68. The smallest absolute Gasteiger partial charge is 0.338 e. The van der Waals surface area contributed by atoms with E-state index in [4.69, 9.17) is 9.47 Å². The minimum absolute atomic E-state index is 0.316. The summed E-state index contributed by atoms with van der Waals surface area (Å²) in [7, 11) is 1.64. The summed E-state index contributed by atoms with van der Waals surface area (Å²) >= 11 is 0. The number of para-hydroxylation sites is 1. The van der Waals surface area contributed by atoms with Crippen LogP contribution in [0.25, 0.3) is 11.1 Å². The number of benzene rings is 3. The first-order chi connectivity index (χ1) is 14.8. The van der Waals surface area contributed by atoms with Gasteiger partial charge in [-0.2, -0.15) is 0 Å². The molecule has 0 fully saturated rings. The summed E-state index contributed by atoms with van der Waals surface area (Å²) in [5.41, 5.74) is 2.87. The normalized spacial score (nSPS) is 11.3. The van der Waals surface area contributed by atoms with Crippen LogP contribution in [-0.2, 0) is 14.3 Å². The van der Waals surface area contributed by atoms with Crippen molar-refractivity contribution in [2.75, 3.05) is 11.9 Å². The van der Waals surface area contributed by atoms with Gasteiger partial charge in [-0.3, -0.25) is 9.59 Å². The van der Waals surface area contributed by atoms with E-state index in [0.717, 1.165) is 16.8 Å². The molecule has 158 valence electrons. The molecule has 0 heterocycles. The second kappa shape index (κ2) is 9.71. The quantitative estimate of drug-likeness (QED) is 0.437. The zero-order valence-corrected chi connectivity index (χ0v) is 17.6. The Labute approximate surface area is 181 Å². The van der Waals surface area contributed by atoms with Crippen LogP contribution >= 0.6 is 0 Å². The standard InChI is InChI=1S/C25H23NO5/c1-17(24(28)26(3)22-7-5-4-6-8-22)30-25(29)21-11-9-19(10-12-21)20-13-15-23(16-14-20)31-18(2)27/h4-17H,1-3H3/t17-/m0/s1. The maximum absolute atomic E-state index is 12.6. The van der Waals surface area contributed by atoms with Gasteiger partial charge in [0.1, 0.15) is 5.75 Å². The fraction of sp³-hybridized carbons (Fsp3) is 0.160. The highest BCUT2D eigenvalue weighted by molar-refractivity contribution is 5.98. The van der Waals surface area contributed by atoms with Gasteiger partial charge in [0.25, 0.3) is 5.91 Å². The molecule has 6 heteroatoms. The monoisotopic (exact) mass is 417 g/mol. The number of hydrogen-bond acceptors (Lipinski definition) is 5. The molecular weight excluding hydrogens is 394 g/mol. The van der Waals surface area contributed by atoms with Gasteiger partial charge in [0, 0.05) is 19.7 Å². The van der Waals surface area contributed by atoms with Gasteiger partial charge in [0.15, 0.2) is 6.10 Å². The fourth-order valence-electron chi connectivity index (χ4n) is 3.01. The maximum atomic E-state index is 12.6. The van der Waals surface area contributed by atoms with Gasteiger partial charge in [-0.15, -0.1) is 0 Å². The third kappa shape index (κ3) is 5.57. The molecule has 0 spiro atoms. The van der Waals surface area contributed by atoms with Crippen LogP contribution in [0, 0.1) is 0 Å². The Morgan fingerprint density at radius 2 is 1.35 bits per heavy atom. The van der Waals surface area contributed by atoms with E-state index in [9.17, 15) is 14.4 Å². The molecule has 0 aromatic heterocycles. The molecule has 0 aliphatic carbocycles. The van der Waals surface area contributed by atoms with Crippen molar-refractivity contribution in [3.63, 3.8) is 0 Å². The van der Waals surface area contributed by atoms with E-state index in [-0.39, 0.29) is 11.9 Å². The first kappa shape index (κ1) is 21.8. The highest BCUT2D eigenvalue weighted by Gasteiger charge is 2.23. The molecule has 1 atom stereocenters. The lowest BCUT2D eigenvalue weighted by molar-refractivity contribution is -0.131. The van der Waals surface area contributed by atoms with Crippen LogP contribution in [0.3, 0.4) is 0 Å². The number of rotatable bonds is 6. The Hall–Kier alpha value is -3.93. The summed E-state index contributed by atoms with van der Waals surface area (Å²) in [5.74, 6) is -0.794. The Bertz CT molecular complexity index is 1060. The number of carbonyl (C=O) groups is 3. The molecule has 3 aromatic rings. The Kier molecular flexibility index (Phi) is 6.82. The number of nitrogens with zero attached hydrogens (tertiary/aromatic N) is 1. The molecule has 0 bridgehead atoms. The largest absolute Gasteiger partial charge is 0.449 e. The maximum Gasteiger partial charge on any atom is 0.338 e. The summed E-state index contributed by atoms with van der Waals surface area (Å²) in [6.45, 7) is 2.90. The summed E-state index contributed by atoms with van der Waals surface area (Å²) in [6.07, 6.45) is -0.925. The first-order valence-electron chi connectivity index (χ1n) is 9.77. The second-order valence-electron chi connectivity index (χ2n) is 6.98. The first-order valence-corrected chi connectivity index (χ1v) is 9.77. The Balaban J connectivity index is 1.63. The van der Waals surface area contributed by atoms with Crippen LogP contribution in [0.1, 0.15) is 24.2 Å². The van der Waals surface area contributed by atoms with E-state index in [0.29, 0.717) is 11.3 Å². The van der Waals surface area contributed by atoms with Crippen LogP contribution < -0.4 is 9.64 Å². The van der Waals surface area contributed by atoms with Crippen molar-refractivity contribution in [2.45, 2.75) is 20.0 Å². The lowest BCUT2D eigenvalue weighted by atomic mass is 10.0. The molecule has 0 saturated carbocycles. The highest BCUT2D eigenvalue weighted by Crippen LogP contribution is 2.23. The molecule has 1 amide bonds. The van der Waals surface area contributed by atoms with Crippen LogP contribution in [0.2, 0.25) is 0 Å². The van der Waals surface area contributed by atoms with Crippen molar-refractivity contribution < 1.29 is 23.9 Å². The van der Waals surface area contributed by atoms with Gasteiger partial charge >= 0.3 is 11.9 Å². The van der Waals surface area contributed by atoms with Gasteiger partial charge in [-0.05, 0) is 54.4 Å². The van der Waals surface area contributed by atoms with E-state index < -0.39 is 12.1 Å². The van der Waals surface area contributed by atoms with Gasteiger partial charge in [-0.25, -0.2) is 4.79 Å². The van der Waals surface area contributed by atoms with Gasteiger partial charge < -0.3 is 14.4 Å². The molecule has 3 aromatic carbocycles. The number of likely N-dealkylation sites (N-methyl/N-ethyl adjacent to an activating group) is 1. The lowest BCUT2D eigenvalue weighted by Gasteiger charge is -2.21. The van der Waals surface area contributed by atoms with E-state index in [1.807, 2.05) is 42.5 Å². The van der Waals surface area contributed by atoms with E-state index in [2.05, 4.69) is 0 Å². The SMILES string of the molecule is CC(=O)Oc1ccc(-c2ccc(C(=O)O[C@@H](C)C(=O)N(C)c3ccccc3)cc2)cc1. The zero-order valence-electron chi connectivity index (χ0n) is 17.6. The van der Waals surface area contributed by atoms with Crippen molar-refractivity contribution >= 4 is 23.5 Å². The van der Waals surface area contributed by atoms with Crippen LogP contribution in [0.4, 0.5) is 5.69 Å². The molecule has 6 nitrogen and oxygen atoms in total. The number of anilines is 1. The van der Waals surface area contributed by atoms with Gasteiger partial charge in [0.2, 0.25) is 0 Å². The third-order valence-electron chi connectivity index (χ3n) is 4.68. The Morgan fingerprint density at radius 1 is 0.806 bits per heavy atom. The summed E-state index contributed by atoms with van der Waals surface area (Å²) < 4.78 is 10.4. The Morgan fingerprint density at radius 3 is 1.90 bits per heavy atom. The molecule has 0 saturated heterocycles. The average molecular weight is 417 g/mol. The molecule has 31 heavy (non-hydrogen) atoms. The number of esters is 2. The number of carbonyl (C=O) groups excluding carboxylic acids is 3. The molecule has 0 radical (unpaired) electrons. The topological polar surface area (TPSA) is 72.9 Å². The highest BCUT2D eigenvalue weighted by atomic mass is 16.5. The number of amides is 1. The fourth-order valence-corrected chi connectivity index (χ4v) is 3.01. The summed E-state index contributed by atoms with van der Waals surface area (Å²) in [5, 5.41) is 0. The number of ether oxygens (including phenoxy) is 2. The van der Waals surface area contributed by atoms with E-state index in [1.54, 1.807) is 50.4 Å². The van der Waals surface area contributed by atoms with Crippen molar-refractivity contribution in [3.8, 4) is 16.9 Å². The van der Waals surface area contributed by atoms with Crippen molar-refractivity contribution in [3.05, 3.63) is 84.4 Å². The van der Waals surface area contributed by atoms with Crippen molar-refractivity contribution in [1.29, 1.82) is 0 Å². The summed E-state index contributed by atoms with van der Waals surface area (Å²) in [6, 6.07) is 23.1. The molecule has 0 aliphatic heterocycles. The summed E-state index contributed by atoms with van der Waals surface area (Å²) in [4.78, 5) is 37.5. The molecule has 0 aliphatic rings. The molecule has 3 rings (SSSR count). The van der Waals surface area contributed by atoms with Crippen molar-refractivity contribution in [1.82, 2.24) is 0 Å². The number of hydrogen-bond donors (Lipinski definition) is 0. The van der Waals surface area contributed by atoms with Crippen molar-refractivity contribution in [2.24, 2.45) is 0 Å². The molecule has 0 N–H and O–H groups in total. The van der Waals surface area contributed by atoms with Crippen LogP contribution in [0.15, 0.2) is 78.9 Å². The lowest BCUT2D eigenvalue weighted by Crippen LogP contribution is -2.37. The molecular formula is C25H23NO5. The minimum atomic E-state index is -0.925.